The van der Waals surface area contributed by atoms with Crippen molar-refractivity contribution in [3.05, 3.63) is 41.9 Å². The quantitative estimate of drug-likeness (QED) is 0.580. The lowest BCUT2D eigenvalue weighted by atomic mass is 9.90. The molecule has 130 valence electrons. The lowest BCUT2D eigenvalue weighted by Crippen LogP contribution is -2.34. The van der Waals surface area contributed by atoms with Gasteiger partial charge in [-0.25, -0.2) is 13.8 Å². The standard InChI is InChI=1S/C17H15F2N3O2S/c1-23-17-7-21-15(5-14(17)19)10-2-13(18)16(20-6-10)8-24-12-3-11(4-12)22-9-25/h2,5-7,11-12H,3-4,8H2,1H3. The van der Waals surface area contributed by atoms with Crippen molar-refractivity contribution in [3.8, 4) is 17.0 Å². The minimum atomic E-state index is -0.571. The van der Waals surface area contributed by atoms with Crippen LogP contribution < -0.4 is 4.74 Å². The Morgan fingerprint density at radius 2 is 2.04 bits per heavy atom. The van der Waals surface area contributed by atoms with Crippen LogP contribution in [0.15, 0.2) is 29.5 Å². The predicted octanol–water partition coefficient (Wildman–Crippen LogP) is 3.58. The lowest BCUT2D eigenvalue weighted by molar-refractivity contribution is -0.0206. The molecule has 1 aliphatic rings. The number of rotatable bonds is 6. The second kappa shape index (κ2) is 7.74. The molecule has 0 aromatic carbocycles. The maximum Gasteiger partial charge on any atom is 0.172 e. The van der Waals surface area contributed by atoms with Crippen molar-refractivity contribution in [1.82, 2.24) is 9.97 Å². The number of isothiocyanates is 1. The van der Waals surface area contributed by atoms with E-state index in [4.69, 9.17) is 9.47 Å². The van der Waals surface area contributed by atoms with E-state index in [-0.39, 0.29) is 35.9 Å². The molecule has 1 fully saturated rings. The number of thiocarbonyl (C=S) groups is 1. The Labute approximate surface area is 148 Å². The predicted molar refractivity (Wildman–Crippen MR) is 90.6 cm³/mol. The summed E-state index contributed by atoms with van der Waals surface area (Å²) in [5.41, 5.74) is 0.846. The highest BCUT2D eigenvalue weighted by Gasteiger charge is 2.29. The zero-order chi connectivity index (χ0) is 17.8. The average Bonchev–Trinajstić information content (AvgIpc) is 2.57. The molecule has 0 radical (unpaired) electrons. The number of aromatic nitrogens is 2. The monoisotopic (exact) mass is 363 g/mol. The Balaban J connectivity index is 1.65. The van der Waals surface area contributed by atoms with Crippen molar-refractivity contribution in [2.45, 2.75) is 31.6 Å². The van der Waals surface area contributed by atoms with Gasteiger partial charge in [-0.2, -0.15) is 0 Å². The van der Waals surface area contributed by atoms with Crippen LogP contribution in [0.4, 0.5) is 8.78 Å². The average molecular weight is 363 g/mol. The maximum atomic E-state index is 14.2. The highest BCUT2D eigenvalue weighted by molar-refractivity contribution is 7.78. The van der Waals surface area contributed by atoms with E-state index in [1.807, 2.05) is 0 Å². The van der Waals surface area contributed by atoms with Gasteiger partial charge in [0.1, 0.15) is 11.5 Å². The number of methoxy groups -OCH3 is 1. The van der Waals surface area contributed by atoms with E-state index >= 15 is 0 Å². The fourth-order valence-electron chi connectivity index (χ4n) is 2.49. The zero-order valence-electron chi connectivity index (χ0n) is 13.4. The van der Waals surface area contributed by atoms with E-state index in [9.17, 15) is 8.78 Å². The van der Waals surface area contributed by atoms with Gasteiger partial charge in [-0.3, -0.25) is 9.97 Å². The van der Waals surface area contributed by atoms with Crippen LogP contribution in [0, 0.1) is 11.6 Å². The fourth-order valence-corrected chi connectivity index (χ4v) is 2.64. The molecule has 3 rings (SSSR count). The molecular weight excluding hydrogens is 348 g/mol. The molecule has 2 heterocycles. The number of hydrogen-bond donors (Lipinski definition) is 0. The molecule has 0 aliphatic heterocycles. The molecule has 0 amide bonds. The van der Waals surface area contributed by atoms with E-state index in [2.05, 4.69) is 32.3 Å². The Kier molecular flexibility index (Phi) is 5.43. The van der Waals surface area contributed by atoms with E-state index in [0.717, 1.165) is 12.8 Å². The van der Waals surface area contributed by atoms with Gasteiger partial charge < -0.3 is 9.47 Å². The third-order valence-electron chi connectivity index (χ3n) is 4.01. The number of hydrogen-bond acceptors (Lipinski definition) is 6. The first kappa shape index (κ1) is 17.5. The zero-order valence-corrected chi connectivity index (χ0v) is 14.2. The second-order valence-electron chi connectivity index (χ2n) is 5.64. The molecule has 2 aromatic rings. The minimum absolute atomic E-state index is 0.0235. The summed E-state index contributed by atoms with van der Waals surface area (Å²) >= 11 is 4.55. The molecule has 0 bridgehead atoms. The molecule has 0 saturated heterocycles. The molecule has 0 unspecified atom stereocenters. The molecule has 8 heteroatoms. The van der Waals surface area contributed by atoms with Gasteiger partial charge in [-0.15, -0.1) is 0 Å². The van der Waals surface area contributed by atoms with E-state index < -0.39 is 11.6 Å². The van der Waals surface area contributed by atoms with E-state index in [1.165, 1.54) is 31.6 Å². The molecule has 2 aromatic heterocycles. The van der Waals surface area contributed by atoms with Crippen LogP contribution in [0.2, 0.25) is 0 Å². The molecule has 0 atom stereocenters. The Morgan fingerprint density at radius 1 is 1.24 bits per heavy atom. The first-order valence-electron chi connectivity index (χ1n) is 7.63. The lowest BCUT2D eigenvalue weighted by Gasteiger charge is -2.31. The molecule has 1 saturated carbocycles. The summed E-state index contributed by atoms with van der Waals surface area (Å²) in [6.07, 6.45) is 4.21. The van der Waals surface area contributed by atoms with Gasteiger partial charge in [-0.05, 0) is 31.1 Å². The summed E-state index contributed by atoms with van der Waals surface area (Å²) in [6.45, 7) is 0.0647. The smallest absolute Gasteiger partial charge is 0.172 e. The first-order valence-corrected chi connectivity index (χ1v) is 8.04. The number of pyridine rings is 2. The van der Waals surface area contributed by atoms with Gasteiger partial charge in [0.15, 0.2) is 11.6 Å². The second-order valence-corrected chi connectivity index (χ2v) is 5.82. The number of ether oxygens (including phenoxy) is 2. The van der Waals surface area contributed by atoms with Gasteiger partial charge in [0, 0.05) is 17.8 Å². The largest absolute Gasteiger partial charge is 0.492 e. The summed E-state index contributed by atoms with van der Waals surface area (Å²) < 4.78 is 38.4. The molecule has 0 spiro atoms. The van der Waals surface area contributed by atoms with Gasteiger partial charge >= 0.3 is 0 Å². The van der Waals surface area contributed by atoms with Gasteiger partial charge in [0.05, 0.1) is 42.9 Å². The summed E-state index contributed by atoms with van der Waals surface area (Å²) in [7, 11) is 1.35. The Morgan fingerprint density at radius 3 is 2.68 bits per heavy atom. The molecule has 0 N–H and O–H groups in total. The van der Waals surface area contributed by atoms with Crippen molar-refractivity contribution >= 4 is 17.4 Å². The fraction of sp³-hybridized carbons (Fsp3) is 0.353. The van der Waals surface area contributed by atoms with Crippen LogP contribution in [0.5, 0.6) is 5.75 Å². The SMILES string of the molecule is COc1cnc(-c2cnc(COC3CC(N=C=S)C3)c(F)c2)cc1F. The number of halogens is 2. The molecule has 1 aliphatic carbocycles. The maximum absolute atomic E-state index is 14.2. The van der Waals surface area contributed by atoms with E-state index in [1.54, 1.807) is 0 Å². The van der Waals surface area contributed by atoms with Crippen molar-refractivity contribution in [2.75, 3.05) is 7.11 Å². The molecule has 25 heavy (non-hydrogen) atoms. The molecular formula is C17H15F2N3O2S. The van der Waals surface area contributed by atoms with Gasteiger partial charge in [-0.1, -0.05) is 0 Å². The highest BCUT2D eigenvalue weighted by atomic mass is 32.1. The van der Waals surface area contributed by atoms with Crippen LogP contribution in [-0.4, -0.2) is 34.4 Å². The van der Waals surface area contributed by atoms with Gasteiger partial charge in [0.2, 0.25) is 0 Å². The first-order chi connectivity index (χ1) is 12.1. The van der Waals surface area contributed by atoms with Crippen molar-refractivity contribution in [2.24, 2.45) is 4.99 Å². The number of nitrogens with zero attached hydrogens (tertiary/aromatic N) is 3. The van der Waals surface area contributed by atoms with Crippen molar-refractivity contribution in [1.29, 1.82) is 0 Å². The number of aliphatic imine (C=N–C) groups is 1. The van der Waals surface area contributed by atoms with Crippen LogP contribution in [0.3, 0.4) is 0 Å². The summed E-state index contributed by atoms with van der Waals surface area (Å²) in [6, 6.07) is 2.59. The van der Waals surface area contributed by atoms with E-state index in [0.29, 0.717) is 5.56 Å². The van der Waals surface area contributed by atoms with Gasteiger partial charge in [0.25, 0.3) is 0 Å². The van der Waals surface area contributed by atoms with Crippen LogP contribution in [0.25, 0.3) is 11.3 Å². The third-order valence-corrected chi connectivity index (χ3v) is 4.12. The summed E-state index contributed by atoms with van der Waals surface area (Å²) in [4.78, 5) is 12.1. The Hall–Kier alpha value is -2.28. The topological polar surface area (TPSA) is 56.6 Å². The molecule has 5 nitrogen and oxygen atoms in total. The van der Waals surface area contributed by atoms with Crippen molar-refractivity contribution < 1.29 is 18.3 Å². The summed E-state index contributed by atoms with van der Waals surface area (Å²) in [5.74, 6) is -1.07. The normalized spacial score (nSPS) is 19.0. The summed E-state index contributed by atoms with van der Waals surface area (Å²) in [5, 5.41) is 2.35. The Bertz CT molecular complexity index is 822. The van der Waals surface area contributed by atoms with Crippen molar-refractivity contribution in [3.63, 3.8) is 0 Å². The van der Waals surface area contributed by atoms with Crippen LogP contribution in [-0.2, 0) is 11.3 Å². The van der Waals surface area contributed by atoms with Crippen LogP contribution in [0.1, 0.15) is 18.5 Å². The highest BCUT2D eigenvalue weighted by Crippen LogP contribution is 2.28. The van der Waals surface area contributed by atoms with Crippen LogP contribution >= 0.6 is 12.2 Å². The third kappa shape index (κ3) is 4.04. The minimum Gasteiger partial charge on any atom is -0.492 e.